The fourth-order valence-electron chi connectivity index (χ4n) is 3.44. The number of aryl methyl sites for hydroxylation is 1. The molecule has 1 heterocycles. The number of hydrogen-bond donors (Lipinski definition) is 1. The molecule has 3 aromatic rings. The number of nitrogens with zero attached hydrogens (tertiary/aromatic N) is 1. The molecule has 0 radical (unpaired) electrons. The van der Waals surface area contributed by atoms with Gasteiger partial charge >= 0.3 is 5.97 Å². The minimum atomic E-state index is -0.530. The fraction of sp³-hybridized carbons (Fsp3) is 0.190. The molecule has 1 N–H and O–H groups in total. The van der Waals surface area contributed by atoms with Gasteiger partial charge in [0.25, 0.3) is 5.91 Å². The number of para-hydroxylation sites is 2. The number of esters is 1. The van der Waals surface area contributed by atoms with Gasteiger partial charge in [0.2, 0.25) is 0 Å². The predicted molar refractivity (Wildman–Crippen MR) is 109 cm³/mol. The van der Waals surface area contributed by atoms with Crippen molar-refractivity contribution in [3.8, 4) is 0 Å². The van der Waals surface area contributed by atoms with Gasteiger partial charge in [-0.25, -0.2) is 4.79 Å². The number of benzene rings is 2. The lowest BCUT2D eigenvalue weighted by molar-refractivity contribution is -0.119. The highest BCUT2D eigenvalue weighted by atomic mass is 35.5. The summed E-state index contributed by atoms with van der Waals surface area (Å²) in [6, 6.07) is 12.4. The number of rotatable bonds is 4. The number of halogens is 2. The molecule has 2 aromatic carbocycles. The van der Waals surface area contributed by atoms with E-state index in [0.29, 0.717) is 21.3 Å². The number of pyridine rings is 1. The van der Waals surface area contributed by atoms with Crippen molar-refractivity contribution in [3.63, 3.8) is 0 Å². The van der Waals surface area contributed by atoms with Crippen LogP contribution in [0.3, 0.4) is 0 Å². The highest BCUT2D eigenvalue weighted by molar-refractivity contribution is 6.39. The van der Waals surface area contributed by atoms with Gasteiger partial charge in [-0.15, -0.1) is 0 Å². The first-order valence-electron chi connectivity index (χ1n) is 8.86. The zero-order chi connectivity index (χ0) is 19.7. The number of carbonyl (C=O) groups is 2. The maximum atomic E-state index is 12.8. The lowest BCUT2D eigenvalue weighted by Crippen LogP contribution is -2.22. The summed E-state index contributed by atoms with van der Waals surface area (Å²) in [5.74, 6) is -1.05. The largest absolute Gasteiger partial charge is 0.452 e. The number of nitrogens with one attached hydrogen (secondary N) is 1. The highest BCUT2D eigenvalue weighted by Crippen LogP contribution is 2.31. The Morgan fingerprint density at radius 2 is 1.79 bits per heavy atom. The molecule has 5 nitrogen and oxygen atoms in total. The minimum absolute atomic E-state index is 0.294. The van der Waals surface area contributed by atoms with Crippen molar-refractivity contribution in [3.05, 3.63) is 69.3 Å². The Bertz CT molecular complexity index is 1080. The molecule has 0 bridgehead atoms. The van der Waals surface area contributed by atoms with Crippen molar-refractivity contribution in [1.82, 2.24) is 4.98 Å². The molecule has 0 fully saturated rings. The second-order valence-electron chi connectivity index (χ2n) is 6.50. The Balaban J connectivity index is 1.54. The number of hydrogen-bond acceptors (Lipinski definition) is 4. The average molecular weight is 415 g/mol. The van der Waals surface area contributed by atoms with E-state index in [9.17, 15) is 9.59 Å². The van der Waals surface area contributed by atoms with Crippen molar-refractivity contribution in [2.75, 3.05) is 11.9 Å². The van der Waals surface area contributed by atoms with Crippen LogP contribution < -0.4 is 5.32 Å². The Morgan fingerprint density at radius 3 is 2.57 bits per heavy atom. The van der Waals surface area contributed by atoms with Gasteiger partial charge < -0.3 is 10.1 Å². The van der Waals surface area contributed by atoms with Crippen LogP contribution in [-0.4, -0.2) is 23.5 Å². The van der Waals surface area contributed by atoms with Crippen molar-refractivity contribution < 1.29 is 14.3 Å². The number of amides is 1. The Kier molecular flexibility index (Phi) is 5.20. The van der Waals surface area contributed by atoms with E-state index in [-0.39, 0.29) is 0 Å². The topological polar surface area (TPSA) is 68.3 Å². The lowest BCUT2D eigenvalue weighted by atomic mass is 10.0. The summed E-state index contributed by atoms with van der Waals surface area (Å²) in [5.41, 5.74) is 3.39. The molecule has 0 spiro atoms. The number of carbonyl (C=O) groups excluding carboxylic acids is 2. The summed E-state index contributed by atoms with van der Waals surface area (Å²) in [4.78, 5) is 29.7. The van der Waals surface area contributed by atoms with E-state index in [0.717, 1.165) is 41.4 Å². The van der Waals surface area contributed by atoms with Gasteiger partial charge in [-0.2, -0.15) is 0 Å². The van der Waals surface area contributed by atoms with Crippen LogP contribution in [0.5, 0.6) is 0 Å². The van der Waals surface area contributed by atoms with Gasteiger partial charge in [-0.3, -0.25) is 9.78 Å². The quantitative estimate of drug-likeness (QED) is 0.620. The van der Waals surface area contributed by atoms with E-state index in [1.165, 1.54) is 0 Å². The molecule has 4 rings (SSSR count). The van der Waals surface area contributed by atoms with Gasteiger partial charge in [-0.05, 0) is 43.0 Å². The fourth-order valence-corrected chi connectivity index (χ4v) is 3.93. The molecular weight excluding hydrogens is 399 g/mol. The van der Waals surface area contributed by atoms with Crippen LogP contribution in [0.4, 0.5) is 5.69 Å². The van der Waals surface area contributed by atoms with Gasteiger partial charge in [0, 0.05) is 11.1 Å². The third-order valence-corrected chi connectivity index (χ3v) is 5.31. The molecule has 28 heavy (non-hydrogen) atoms. The summed E-state index contributed by atoms with van der Waals surface area (Å²) in [6.07, 6.45) is 2.56. The van der Waals surface area contributed by atoms with Crippen LogP contribution >= 0.6 is 23.2 Å². The van der Waals surface area contributed by atoms with Gasteiger partial charge in [-0.1, -0.05) is 47.5 Å². The summed E-state index contributed by atoms with van der Waals surface area (Å²) < 4.78 is 5.31. The van der Waals surface area contributed by atoms with E-state index in [1.807, 2.05) is 24.3 Å². The molecule has 1 aliphatic rings. The zero-order valence-corrected chi connectivity index (χ0v) is 16.3. The van der Waals surface area contributed by atoms with Gasteiger partial charge in [0.15, 0.2) is 6.61 Å². The van der Waals surface area contributed by atoms with Crippen molar-refractivity contribution in [2.45, 2.75) is 19.3 Å². The Labute approximate surface area is 171 Å². The van der Waals surface area contributed by atoms with Crippen LogP contribution in [0, 0.1) is 0 Å². The van der Waals surface area contributed by atoms with Crippen LogP contribution in [0.1, 0.15) is 28.0 Å². The monoisotopic (exact) mass is 414 g/mol. The normalized spacial score (nSPS) is 12.6. The van der Waals surface area contributed by atoms with Gasteiger partial charge in [0.1, 0.15) is 0 Å². The van der Waals surface area contributed by atoms with Crippen molar-refractivity contribution >= 4 is 51.7 Å². The molecule has 0 saturated carbocycles. The van der Waals surface area contributed by atoms with Crippen LogP contribution in [0.2, 0.25) is 10.0 Å². The first-order chi connectivity index (χ1) is 13.5. The molecule has 1 aromatic heterocycles. The SMILES string of the molecule is O=C(COC(=O)c1c2c(nc3ccccc13)CCC2)Nc1c(Cl)cccc1Cl. The second-order valence-corrected chi connectivity index (χ2v) is 7.32. The van der Waals surface area contributed by atoms with E-state index < -0.39 is 18.5 Å². The Morgan fingerprint density at radius 1 is 1.04 bits per heavy atom. The maximum absolute atomic E-state index is 12.8. The smallest absolute Gasteiger partial charge is 0.339 e. The van der Waals surface area contributed by atoms with E-state index >= 15 is 0 Å². The molecule has 0 aliphatic heterocycles. The number of ether oxygens (including phenoxy) is 1. The maximum Gasteiger partial charge on any atom is 0.339 e. The van der Waals surface area contributed by atoms with Crippen LogP contribution in [0.15, 0.2) is 42.5 Å². The molecule has 0 saturated heterocycles. The third-order valence-electron chi connectivity index (χ3n) is 4.68. The highest BCUT2D eigenvalue weighted by Gasteiger charge is 2.25. The number of aromatic nitrogens is 1. The molecule has 142 valence electrons. The molecule has 7 heteroatoms. The summed E-state index contributed by atoms with van der Waals surface area (Å²) in [7, 11) is 0. The second kappa shape index (κ2) is 7.78. The van der Waals surface area contributed by atoms with Crippen LogP contribution in [-0.2, 0) is 22.4 Å². The summed E-state index contributed by atoms with van der Waals surface area (Å²) in [6.45, 7) is -0.439. The minimum Gasteiger partial charge on any atom is -0.452 e. The van der Waals surface area contributed by atoms with Gasteiger partial charge in [0.05, 0.1) is 26.8 Å². The first-order valence-corrected chi connectivity index (χ1v) is 9.61. The van der Waals surface area contributed by atoms with Crippen LogP contribution in [0.25, 0.3) is 10.9 Å². The summed E-state index contributed by atoms with van der Waals surface area (Å²) >= 11 is 12.1. The molecule has 1 aliphatic carbocycles. The lowest BCUT2D eigenvalue weighted by Gasteiger charge is -2.13. The summed E-state index contributed by atoms with van der Waals surface area (Å²) in [5, 5.41) is 3.94. The molecule has 0 unspecified atom stereocenters. The zero-order valence-electron chi connectivity index (χ0n) is 14.8. The molecule has 0 atom stereocenters. The number of anilines is 1. The first kappa shape index (κ1) is 18.7. The standard InChI is InChI=1S/C21H16Cl2N2O3/c22-14-7-4-8-15(23)20(14)25-18(26)11-28-21(27)19-12-5-1-2-9-16(12)24-17-10-3-6-13(17)19/h1-2,4-5,7-9H,3,6,10-11H2,(H,25,26). The van der Waals surface area contributed by atoms with Crippen molar-refractivity contribution in [2.24, 2.45) is 0 Å². The van der Waals surface area contributed by atoms with Crippen molar-refractivity contribution in [1.29, 1.82) is 0 Å². The van der Waals surface area contributed by atoms with E-state index in [4.69, 9.17) is 27.9 Å². The Hall–Kier alpha value is -2.63. The number of fused-ring (bicyclic) bond motifs is 2. The molecular formula is C21H16Cl2N2O3. The predicted octanol–water partition coefficient (Wildman–Crippen LogP) is 4.83. The average Bonchev–Trinajstić information content (AvgIpc) is 3.15. The van der Waals surface area contributed by atoms with E-state index in [1.54, 1.807) is 18.2 Å². The molecule has 1 amide bonds. The van der Waals surface area contributed by atoms with E-state index in [2.05, 4.69) is 10.3 Å². The third kappa shape index (κ3) is 3.55.